The lowest BCUT2D eigenvalue weighted by molar-refractivity contribution is -0.130. The van der Waals surface area contributed by atoms with Crippen LogP contribution in [0.2, 0.25) is 0 Å². The molecule has 3 amide bonds. The summed E-state index contributed by atoms with van der Waals surface area (Å²) in [7, 11) is 0. The largest absolute Gasteiger partial charge is 0.352 e. The van der Waals surface area contributed by atoms with Gasteiger partial charge in [-0.25, -0.2) is 0 Å². The van der Waals surface area contributed by atoms with Crippen LogP contribution in [0.15, 0.2) is 0 Å². The molecule has 0 fully saturated rings. The summed E-state index contributed by atoms with van der Waals surface area (Å²) >= 11 is 0. The molecule has 20 heavy (non-hydrogen) atoms. The summed E-state index contributed by atoms with van der Waals surface area (Å²) in [5, 5.41) is 7.63. The second-order valence-corrected chi connectivity index (χ2v) is 5.44. The fourth-order valence-corrected chi connectivity index (χ4v) is 1.36. The van der Waals surface area contributed by atoms with Crippen LogP contribution in [0.5, 0.6) is 0 Å². The Balaban J connectivity index is 4.11. The van der Waals surface area contributed by atoms with Crippen LogP contribution in [-0.2, 0) is 14.4 Å². The Labute approximate surface area is 120 Å². The molecule has 5 N–H and O–H groups in total. The van der Waals surface area contributed by atoms with Gasteiger partial charge in [0.15, 0.2) is 0 Å². The first kappa shape index (κ1) is 18.4. The van der Waals surface area contributed by atoms with Crippen molar-refractivity contribution >= 4 is 17.7 Å². The Morgan fingerprint density at radius 2 is 1.50 bits per heavy atom. The summed E-state index contributed by atoms with van der Waals surface area (Å²) in [4.78, 5) is 34.7. The zero-order chi connectivity index (χ0) is 15.9. The van der Waals surface area contributed by atoms with Crippen LogP contribution in [0, 0.1) is 5.92 Å². The monoisotopic (exact) mass is 286 g/mol. The number of amides is 3. The third-order valence-corrected chi connectivity index (χ3v) is 2.65. The number of hydrogen-bond acceptors (Lipinski definition) is 4. The van der Waals surface area contributed by atoms with Gasteiger partial charge in [-0.3, -0.25) is 14.4 Å². The fourth-order valence-electron chi connectivity index (χ4n) is 1.36. The van der Waals surface area contributed by atoms with Crippen molar-refractivity contribution in [1.29, 1.82) is 0 Å². The van der Waals surface area contributed by atoms with Gasteiger partial charge in [-0.2, -0.15) is 0 Å². The number of carbonyl (C=O) groups is 3. The van der Waals surface area contributed by atoms with Gasteiger partial charge < -0.3 is 21.7 Å². The third kappa shape index (κ3) is 7.08. The Morgan fingerprint density at radius 1 is 0.950 bits per heavy atom. The zero-order valence-corrected chi connectivity index (χ0v) is 12.8. The summed E-state index contributed by atoms with van der Waals surface area (Å²) in [6.07, 6.45) is 0. The quantitative estimate of drug-likeness (QED) is 0.486. The Kier molecular flexibility index (Phi) is 7.83. The van der Waals surface area contributed by atoms with E-state index >= 15 is 0 Å². The van der Waals surface area contributed by atoms with Crippen LogP contribution < -0.4 is 21.7 Å². The van der Waals surface area contributed by atoms with Crippen molar-refractivity contribution in [3.63, 3.8) is 0 Å². The second-order valence-electron chi connectivity index (χ2n) is 5.44. The van der Waals surface area contributed by atoms with Crippen molar-refractivity contribution in [2.75, 3.05) is 6.54 Å². The first-order valence-corrected chi connectivity index (χ1v) is 6.78. The lowest BCUT2D eigenvalue weighted by Gasteiger charge is -2.17. The van der Waals surface area contributed by atoms with Gasteiger partial charge in [-0.1, -0.05) is 13.8 Å². The smallest absolute Gasteiger partial charge is 0.242 e. The van der Waals surface area contributed by atoms with Gasteiger partial charge in [-0.05, 0) is 26.7 Å². The number of hydrogen-bond donors (Lipinski definition) is 4. The normalized spacial score (nSPS) is 13.8. The van der Waals surface area contributed by atoms with Gasteiger partial charge in [0.2, 0.25) is 17.7 Å². The van der Waals surface area contributed by atoms with Gasteiger partial charge in [0.1, 0.15) is 6.04 Å². The predicted molar refractivity (Wildman–Crippen MR) is 76.7 cm³/mol. The van der Waals surface area contributed by atoms with Crippen LogP contribution in [0.1, 0.15) is 34.6 Å². The van der Waals surface area contributed by atoms with E-state index < -0.39 is 18.0 Å². The molecule has 7 heteroatoms. The van der Waals surface area contributed by atoms with Crippen LogP contribution in [0.3, 0.4) is 0 Å². The van der Waals surface area contributed by atoms with Gasteiger partial charge >= 0.3 is 0 Å². The van der Waals surface area contributed by atoms with E-state index in [4.69, 9.17) is 5.73 Å². The van der Waals surface area contributed by atoms with Crippen molar-refractivity contribution in [2.45, 2.75) is 52.7 Å². The van der Waals surface area contributed by atoms with E-state index in [1.807, 2.05) is 27.7 Å². The van der Waals surface area contributed by atoms with Crippen molar-refractivity contribution in [3.05, 3.63) is 0 Å². The highest BCUT2D eigenvalue weighted by atomic mass is 16.2. The van der Waals surface area contributed by atoms with E-state index in [0.717, 1.165) is 0 Å². The van der Waals surface area contributed by atoms with E-state index in [1.54, 1.807) is 6.92 Å². The highest BCUT2D eigenvalue weighted by Crippen LogP contribution is 1.97. The van der Waals surface area contributed by atoms with Crippen LogP contribution in [-0.4, -0.2) is 42.4 Å². The minimum Gasteiger partial charge on any atom is -0.352 e. The van der Waals surface area contributed by atoms with Crippen molar-refractivity contribution in [1.82, 2.24) is 16.0 Å². The molecule has 0 spiro atoms. The molecule has 0 rings (SSSR count). The SMILES string of the molecule is CC(C)NC(=O)C(C)NC(=O)CNC(=O)[C@@H](N)C(C)C. The number of carbonyl (C=O) groups excluding carboxylic acids is 3. The van der Waals surface area contributed by atoms with E-state index in [1.165, 1.54) is 0 Å². The highest BCUT2D eigenvalue weighted by Gasteiger charge is 2.19. The maximum Gasteiger partial charge on any atom is 0.242 e. The van der Waals surface area contributed by atoms with Crippen LogP contribution in [0.25, 0.3) is 0 Å². The third-order valence-electron chi connectivity index (χ3n) is 2.65. The standard InChI is InChI=1S/C13H26N4O3/c1-7(2)11(14)13(20)15-6-10(18)17-9(5)12(19)16-8(3)4/h7-9,11H,6,14H2,1-5H3,(H,15,20)(H,16,19)(H,17,18)/t9?,11-/m0/s1. The van der Waals surface area contributed by atoms with E-state index in [2.05, 4.69) is 16.0 Å². The molecule has 0 aromatic heterocycles. The van der Waals surface area contributed by atoms with Gasteiger partial charge in [0, 0.05) is 6.04 Å². The summed E-state index contributed by atoms with van der Waals surface area (Å²) < 4.78 is 0. The van der Waals surface area contributed by atoms with E-state index in [-0.39, 0.29) is 30.3 Å². The van der Waals surface area contributed by atoms with Crippen LogP contribution in [0.4, 0.5) is 0 Å². The summed E-state index contributed by atoms with van der Waals surface area (Å²) in [5.74, 6) is -1.08. The molecule has 0 aliphatic heterocycles. The fraction of sp³-hybridized carbons (Fsp3) is 0.769. The average molecular weight is 286 g/mol. The first-order valence-electron chi connectivity index (χ1n) is 6.78. The summed E-state index contributed by atoms with van der Waals surface area (Å²) in [6.45, 7) is 8.70. The van der Waals surface area contributed by atoms with Crippen molar-refractivity contribution in [2.24, 2.45) is 11.7 Å². The van der Waals surface area contributed by atoms with Crippen LogP contribution >= 0.6 is 0 Å². The zero-order valence-electron chi connectivity index (χ0n) is 12.8. The molecule has 0 aliphatic rings. The van der Waals surface area contributed by atoms with Gasteiger partial charge in [-0.15, -0.1) is 0 Å². The Morgan fingerprint density at radius 3 is 1.95 bits per heavy atom. The number of rotatable bonds is 7. The number of nitrogens with one attached hydrogen (secondary N) is 3. The topological polar surface area (TPSA) is 113 Å². The predicted octanol–water partition coefficient (Wildman–Crippen LogP) is -0.885. The van der Waals surface area contributed by atoms with Crippen molar-refractivity contribution < 1.29 is 14.4 Å². The molecular weight excluding hydrogens is 260 g/mol. The Hall–Kier alpha value is -1.63. The maximum absolute atomic E-state index is 11.6. The number of nitrogens with two attached hydrogens (primary N) is 1. The summed E-state index contributed by atoms with van der Waals surface area (Å²) in [5.41, 5.74) is 5.64. The molecule has 7 nitrogen and oxygen atoms in total. The minimum absolute atomic E-state index is 0.00518. The van der Waals surface area contributed by atoms with Gasteiger partial charge in [0.05, 0.1) is 12.6 Å². The minimum atomic E-state index is -0.652. The molecule has 1 unspecified atom stereocenters. The Bertz CT molecular complexity index is 356. The molecule has 0 saturated carbocycles. The lowest BCUT2D eigenvalue weighted by Crippen LogP contribution is -2.51. The highest BCUT2D eigenvalue weighted by molar-refractivity contribution is 5.90. The lowest BCUT2D eigenvalue weighted by atomic mass is 10.1. The maximum atomic E-state index is 11.6. The average Bonchev–Trinajstić information content (AvgIpc) is 2.33. The molecule has 2 atom stereocenters. The van der Waals surface area contributed by atoms with Crippen molar-refractivity contribution in [3.8, 4) is 0 Å². The van der Waals surface area contributed by atoms with Gasteiger partial charge in [0.25, 0.3) is 0 Å². The molecule has 0 aliphatic carbocycles. The molecule has 0 aromatic rings. The molecule has 116 valence electrons. The molecule has 0 saturated heterocycles. The first-order chi connectivity index (χ1) is 9.15. The van der Waals surface area contributed by atoms with E-state index in [0.29, 0.717) is 0 Å². The molecule has 0 bridgehead atoms. The summed E-state index contributed by atoms with van der Waals surface area (Å²) in [6, 6.07) is -1.30. The molecule has 0 radical (unpaired) electrons. The molecule has 0 heterocycles. The molecular formula is C13H26N4O3. The second kappa shape index (κ2) is 8.52. The molecule has 0 aromatic carbocycles. The van der Waals surface area contributed by atoms with E-state index in [9.17, 15) is 14.4 Å².